The van der Waals surface area contributed by atoms with Crippen molar-refractivity contribution in [1.29, 1.82) is 0 Å². The molecule has 0 radical (unpaired) electrons. The molecule has 0 aliphatic carbocycles. The van der Waals surface area contributed by atoms with Crippen molar-refractivity contribution >= 4 is 33.2 Å². The summed E-state index contributed by atoms with van der Waals surface area (Å²) in [6.45, 7) is 4.80. The number of rotatable bonds is 8. The van der Waals surface area contributed by atoms with E-state index in [1.165, 1.54) is 28.6 Å². The molecule has 1 heterocycles. The maximum Gasteiger partial charge on any atom is 0.244 e. The summed E-state index contributed by atoms with van der Waals surface area (Å²) in [5.74, 6) is -0.557. The average Bonchev–Trinajstić information content (AvgIpc) is 3.12. The molecule has 0 fully saturated rings. The zero-order valence-electron chi connectivity index (χ0n) is 16.6. The lowest BCUT2D eigenvalue weighted by Crippen LogP contribution is -2.48. The molecule has 0 aromatic heterocycles. The Bertz CT molecular complexity index is 991. The van der Waals surface area contributed by atoms with Crippen molar-refractivity contribution in [3.8, 4) is 0 Å². The molecular formula is C21H26ClN3O3S. The van der Waals surface area contributed by atoms with Gasteiger partial charge < -0.3 is 11.1 Å². The van der Waals surface area contributed by atoms with Crippen molar-refractivity contribution in [2.24, 2.45) is 11.7 Å². The van der Waals surface area contributed by atoms with Crippen molar-refractivity contribution in [3.63, 3.8) is 0 Å². The highest BCUT2D eigenvalue weighted by atomic mass is 35.5. The van der Waals surface area contributed by atoms with Crippen LogP contribution in [0.25, 0.3) is 0 Å². The number of carbonyl (C=O) groups is 1. The molecule has 156 valence electrons. The number of hydrogen-bond acceptors (Lipinski definition) is 4. The van der Waals surface area contributed by atoms with Crippen LogP contribution in [0.4, 0.5) is 5.69 Å². The second kappa shape index (κ2) is 8.73. The van der Waals surface area contributed by atoms with Crippen molar-refractivity contribution in [3.05, 3.63) is 58.6 Å². The summed E-state index contributed by atoms with van der Waals surface area (Å²) < 4.78 is 28.2. The number of nitrogens with zero attached hydrogens (tertiary/aromatic N) is 1. The van der Waals surface area contributed by atoms with E-state index in [-0.39, 0.29) is 17.4 Å². The molecule has 8 heteroatoms. The Morgan fingerprint density at radius 3 is 2.52 bits per heavy atom. The Balaban J connectivity index is 2.03. The Hall–Kier alpha value is -2.09. The number of nitrogens with two attached hydrogens (primary N) is 1. The Morgan fingerprint density at radius 1 is 1.21 bits per heavy atom. The van der Waals surface area contributed by atoms with Crippen LogP contribution in [0.1, 0.15) is 31.4 Å². The first-order valence-corrected chi connectivity index (χ1v) is 11.4. The first-order chi connectivity index (χ1) is 13.7. The zero-order valence-corrected chi connectivity index (χ0v) is 18.1. The van der Waals surface area contributed by atoms with Gasteiger partial charge in [0.1, 0.15) is 6.04 Å². The summed E-state index contributed by atoms with van der Waals surface area (Å²) in [5.41, 5.74) is 8.68. The third kappa shape index (κ3) is 4.91. The fraction of sp³-hybridized carbons (Fsp3) is 0.381. The highest BCUT2D eigenvalue weighted by Gasteiger charge is 2.35. The van der Waals surface area contributed by atoms with Crippen LogP contribution in [-0.4, -0.2) is 31.2 Å². The number of sulfonamides is 1. The zero-order chi connectivity index (χ0) is 21.2. The number of anilines is 1. The highest BCUT2D eigenvalue weighted by molar-refractivity contribution is 7.89. The van der Waals surface area contributed by atoms with E-state index < -0.39 is 22.0 Å². The topological polar surface area (TPSA) is 92.5 Å². The lowest BCUT2D eigenvalue weighted by molar-refractivity contribution is -0.122. The predicted octanol–water partition coefficient (Wildman–Crippen LogP) is 3.40. The fourth-order valence-corrected chi connectivity index (χ4v) is 5.28. The van der Waals surface area contributed by atoms with Gasteiger partial charge in [0.25, 0.3) is 0 Å². The van der Waals surface area contributed by atoms with E-state index in [4.69, 9.17) is 17.3 Å². The Labute approximate surface area is 177 Å². The Kier molecular flexibility index (Phi) is 6.51. The van der Waals surface area contributed by atoms with Crippen molar-refractivity contribution < 1.29 is 13.2 Å². The minimum absolute atomic E-state index is 0.0680. The monoisotopic (exact) mass is 435 g/mol. The van der Waals surface area contributed by atoms with E-state index >= 15 is 0 Å². The number of halogens is 1. The number of benzene rings is 2. The third-order valence-corrected chi connectivity index (χ3v) is 7.13. The molecule has 1 aliphatic heterocycles. The number of primary amides is 1. The van der Waals surface area contributed by atoms with Crippen LogP contribution in [-0.2, 0) is 27.8 Å². The molecule has 29 heavy (non-hydrogen) atoms. The van der Waals surface area contributed by atoms with Crippen LogP contribution >= 0.6 is 11.6 Å². The average molecular weight is 436 g/mol. The molecule has 0 saturated carbocycles. The van der Waals surface area contributed by atoms with E-state index in [1.807, 2.05) is 32.0 Å². The highest BCUT2D eigenvalue weighted by Crippen LogP contribution is 2.28. The van der Waals surface area contributed by atoms with Gasteiger partial charge in [-0.3, -0.25) is 4.79 Å². The largest absolute Gasteiger partial charge is 0.384 e. The number of fused-ring (bicyclic) bond motifs is 1. The maximum atomic E-state index is 13.5. The standard InChI is InChI=1S/C21H26ClN3O3S/c1-14(2)11-20(21(23)26)25(29(27,28)18-6-4-17(22)5-7-18)13-15-3-8-19-16(12-15)9-10-24-19/h3-8,12,14,20,24H,9-11,13H2,1-2H3,(H2,23,26)/t20-/m1/s1. The molecule has 0 bridgehead atoms. The van der Waals surface area contributed by atoms with Gasteiger partial charge in [0, 0.05) is 23.8 Å². The molecule has 0 unspecified atom stereocenters. The fourth-order valence-electron chi connectivity index (χ4n) is 3.56. The van der Waals surface area contributed by atoms with Gasteiger partial charge in [-0.05, 0) is 60.2 Å². The van der Waals surface area contributed by atoms with E-state index in [2.05, 4.69) is 5.32 Å². The molecule has 0 saturated heterocycles. The molecule has 1 atom stereocenters. The number of hydrogen-bond donors (Lipinski definition) is 2. The molecular weight excluding hydrogens is 410 g/mol. The van der Waals surface area contributed by atoms with Gasteiger partial charge in [0.2, 0.25) is 15.9 Å². The van der Waals surface area contributed by atoms with Gasteiger partial charge in [-0.15, -0.1) is 0 Å². The summed E-state index contributed by atoms with van der Waals surface area (Å²) in [4.78, 5) is 12.4. The van der Waals surface area contributed by atoms with E-state index in [1.54, 1.807) is 0 Å². The molecule has 1 amide bonds. The third-order valence-electron chi connectivity index (χ3n) is 5.01. The van der Waals surface area contributed by atoms with Crippen molar-refractivity contribution in [2.45, 2.75) is 44.2 Å². The van der Waals surface area contributed by atoms with Crippen LogP contribution in [0.2, 0.25) is 5.02 Å². The summed E-state index contributed by atoms with van der Waals surface area (Å²) in [6, 6.07) is 10.8. The van der Waals surface area contributed by atoms with Crippen LogP contribution in [0.15, 0.2) is 47.4 Å². The first kappa shape index (κ1) is 21.6. The van der Waals surface area contributed by atoms with Crippen LogP contribution in [0.3, 0.4) is 0 Å². The molecule has 0 spiro atoms. The van der Waals surface area contributed by atoms with Gasteiger partial charge >= 0.3 is 0 Å². The molecule has 2 aromatic rings. The number of nitrogens with one attached hydrogen (secondary N) is 1. The predicted molar refractivity (Wildman–Crippen MR) is 115 cm³/mol. The molecule has 2 aromatic carbocycles. The number of carbonyl (C=O) groups excluding carboxylic acids is 1. The molecule has 3 N–H and O–H groups in total. The van der Waals surface area contributed by atoms with Crippen LogP contribution < -0.4 is 11.1 Å². The molecule has 6 nitrogen and oxygen atoms in total. The smallest absolute Gasteiger partial charge is 0.244 e. The van der Waals surface area contributed by atoms with E-state index in [0.717, 1.165) is 29.8 Å². The quantitative estimate of drug-likeness (QED) is 0.664. The van der Waals surface area contributed by atoms with Gasteiger partial charge in [-0.1, -0.05) is 37.6 Å². The second-order valence-corrected chi connectivity index (χ2v) is 10.0. The second-order valence-electron chi connectivity index (χ2n) is 7.72. The first-order valence-electron chi connectivity index (χ1n) is 9.61. The van der Waals surface area contributed by atoms with Gasteiger partial charge in [-0.25, -0.2) is 8.42 Å². The summed E-state index contributed by atoms with van der Waals surface area (Å²) in [5, 5.41) is 3.73. The summed E-state index contributed by atoms with van der Waals surface area (Å²) >= 11 is 5.92. The molecule has 3 rings (SSSR count). The van der Waals surface area contributed by atoms with Crippen LogP contribution in [0, 0.1) is 5.92 Å². The van der Waals surface area contributed by atoms with Gasteiger partial charge in [0.05, 0.1) is 4.90 Å². The summed E-state index contributed by atoms with van der Waals surface area (Å²) in [7, 11) is -3.96. The van der Waals surface area contributed by atoms with Gasteiger partial charge in [0.15, 0.2) is 0 Å². The number of amides is 1. The van der Waals surface area contributed by atoms with E-state index in [9.17, 15) is 13.2 Å². The Morgan fingerprint density at radius 2 is 1.90 bits per heavy atom. The minimum atomic E-state index is -3.96. The normalized spacial score (nSPS) is 14.7. The minimum Gasteiger partial charge on any atom is -0.384 e. The maximum absolute atomic E-state index is 13.5. The lowest BCUT2D eigenvalue weighted by Gasteiger charge is -2.30. The van der Waals surface area contributed by atoms with Crippen molar-refractivity contribution in [2.75, 3.05) is 11.9 Å². The molecule has 1 aliphatic rings. The SMILES string of the molecule is CC(C)C[C@H](C(N)=O)N(Cc1ccc2c(c1)CCN2)S(=O)(=O)c1ccc(Cl)cc1. The lowest BCUT2D eigenvalue weighted by atomic mass is 10.0. The van der Waals surface area contributed by atoms with Crippen molar-refractivity contribution in [1.82, 2.24) is 4.31 Å². The summed E-state index contributed by atoms with van der Waals surface area (Å²) in [6.07, 6.45) is 1.23. The van der Waals surface area contributed by atoms with Gasteiger partial charge in [-0.2, -0.15) is 4.31 Å². The van der Waals surface area contributed by atoms with E-state index in [0.29, 0.717) is 11.4 Å². The van der Waals surface area contributed by atoms with Crippen LogP contribution in [0.5, 0.6) is 0 Å².